The molecule has 0 saturated heterocycles. The van der Waals surface area contributed by atoms with E-state index < -0.39 is 0 Å². The Morgan fingerprint density at radius 3 is 2.33 bits per heavy atom. The Hall–Kier alpha value is -2.51. The van der Waals surface area contributed by atoms with Crippen LogP contribution in [-0.2, 0) is 0 Å². The molecule has 2 aliphatic rings. The fraction of sp³-hybridized carbons (Fsp3) is 0.576. The fourth-order valence-corrected chi connectivity index (χ4v) is 6.92. The molecule has 2 aromatic carbocycles. The zero-order valence-electron chi connectivity index (χ0n) is 26.1. The fourth-order valence-electron chi connectivity index (χ4n) is 5.29. The third-order valence-electron chi connectivity index (χ3n) is 7.81. The van der Waals surface area contributed by atoms with Crippen LogP contribution in [0.1, 0.15) is 83.6 Å². The summed E-state index contributed by atoms with van der Waals surface area (Å²) in [6.07, 6.45) is 14.5. The normalized spacial score (nSPS) is 15.9. The number of ether oxygens (including phenoxy) is 1. The molecule has 0 spiro atoms. The molecule has 0 bridgehead atoms. The zero-order chi connectivity index (χ0) is 30.3. The number of thiazole rings is 1. The van der Waals surface area contributed by atoms with E-state index in [0.29, 0.717) is 17.3 Å². The van der Waals surface area contributed by atoms with E-state index in [4.69, 9.17) is 15.7 Å². The summed E-state index contributed by atoms with van der Waals surface area (Å²) in [6.45, 7) is 5.70. The third kappa shape index (κ3) is 11.6. The minimum atomic E-state index is 0.542. The van der Waals surface area contributed by atoms with Crippen LogP contribution in [0.3, 0.4) is 0 Å². The van der Waals surface area contributed by atoms with Gasteiger partial charge in [0.15, 0.2) is 5.13 Å². The first kappa shape index (κ1) is 34.0. The second-order valence-corrected chi connectivity index (χ2v) is 13.6. The molecule has 5 rings (SSSR count). The van der Waals surface area contributed by atoms with E-state index >= 15 is 0 Å². The predicted octanol–water partition coefficient (Wildman–Crippen LogP) is 8.32. The Balaban J connectivity index is 0.000000201. The molecule has 0 radical (unpaired) electrons. The largest absolute Gasteiger partial charge is 0.497 e. The Labute approximate surface area is 261 Å². The highest BCUT2D eigenvalue weighted by atomic mass is 32.2. The average molecular weight is 611 g/mol. The van der Waals surface area contributed by atoms with Crippen molar-refractivity contribution < 1.29 is 4.74 Å². The number of aromatic nitrogens is 1. The molecule has 0 atom stereocenters. The lowest BCUT2D eigenvalue weighted by molar-refractivity contribution is 0.229. The maximum atomic E-state index is 9.14. The molecule has 4 N–H and O–H groups in total. The van der Waals surface area contributed by atoms with Gasteiger partial charge in [0.2, 0.25) is 0 Å². The van der Waals surface area contributed by atoms with E-state index in [1.807, 2.05) is 24.3 Å². The van der Waals surface area contributed by atoms with Crippen molar-refractivity contribution in [2.75, 3.05) is 38.2 Å². The van der Waals surface area contributed by atoms with Crippen LogP contribution in [-0.4, -0.2) is 49.7 Å². The van der Waals surface area contributed by atoms with Crippen molar-refractivity contribution in [2.24, 2.45) is 5.92 Å². The Bertz CT molecular complexity index is 1240. The van der Waals surface area contributed by atoms with Crippen LogP contribution in [0.5, 0.6) is 5.75 Å². The number of nitrogen functional groups attached to an aromatic ring is 1. The minimum Gasteiger partial charge on any atom is -0.497 e. The van der Waals surface area contributed by atoms with Crippen LogP contribution >= 0.6 is 23.3 Å². The van der Waals surface area contributed by atoms with E-state index in [0.717, 1.165) is 38.0 Å². The van der Waals surface area contributed by atoms with E-state index in [9.17, 15) is 0 Å². The molecule has 2 aliphatic carbocycles. The molecule has 2 fully saturated rings. The summed E-state index contributed by atoms with van der Waals surface area (Å²) in [4.78, 5) is 7.67. The van der Waals surface area contributed by atoms with E-state index in [1.165, 1.54) is 94.0 Å². The van der Waals surface area contributed by atoms with Crippen molar-refractivity contribution in [3.05, 3.63) is 42.0 Å². The molecule has 2 saturated carbocycles. The summed E-state index contributed by atoms with van der Waals surface area (Å²) >= 11 is 2.88. The number of hydrogen-bond donors (Lipinski definition) is 3. The van der Waals surface area contributed by atoms with Gasteiger partial charge < -0.3 is 25.4 Å². The van der Waals surface area contributed by atoms with Gasteiger partial charge in [-0.1, -0.05) is 63.7 Å². The number of benzene rings is 2. The lowest BCUT2D eigenvalue weighted by Crippen LogP contribution is -2.29. The van der Waals surface area contributed by atoms with Gasteiger partial charge in [0.05, 0.1) is 22.9 Å². The Kier molecular flexibility index (Phi) is 14.7. The second-order valence-electron chi connectivity index (χ2n) is 11.7. The van der Waals surface area contributed by atoms with Crippen LogP contribution < -0.4 is 20.5 Å². The van der Waals surface area contributed by atoms with Gasteiger partial charge in [0, 0.05) is 22.7 Å². The van der Waals surface area contributed by atoms with Gasteiger partial charge >= 0.3 is 0 Å². The average Bonchev–Trinajstić information content (AvgIpc) is 3.43. The molecule has 0 unspecified atom stereocenters. The maximum absolute atomic E-state index is 9.14. The topological polar surface area (TPSA) is 99.2 Å². The maximum Gasteiger partial charge on any atom is 0.194 e. The molecule has 9 heteroatoms. The van der Waals surface area contributed by atoms with Crippen molar-refractivity contribution in [3.8, 4) is 11.8 Å². The first-order valence-corrected chi connectivity index (χ1v) is 17.0. The molecular weight excluding hydrogens is 561 g/mol. The van der Waals surface area contributed by atoms with Crippen LogP contribution in [0.15, 0.2) is 41.3 Å². The summed E-state index contributed by atoms with van der Waals surface area (Å²) in [7, 11) is 6.02. The number of nitrogens with one attached hydrogen (secondary N) is 2. The van der Waals surface area contributed by atoms with Gasteiger partial charge in [-0.25, -0.2) is 4.98 Å². The van der Waals surface area contributed by atoms with Gasteiger partial charge in [0.25, 0.3) is 0 Å². The molecular formula is C33H50N6OS2. The molecule has 230 valence electrons. The first-order chi connectivity index (χ1) is 20.3. The smallest absolute Gasteiger partial charge is 0.194 e. The van der Waals surface area contributed by atoms with Crippen LogP contribution in [0.4, 0.5) is 10.8 Å². The summed E-state index contributed by atoms with van der Waals surface area (Å²) < 4.78 is 9.42. The third-order valence-corrected chi connectivity index (χ3v) is 9.75. The number of nitrogens with zero attached hydrogens (tertiary/aromatic N) is 3. The monoisotopic (exact) mass is 610 g/mol. The number of nitriles is 1. The molecule has 0 aliphatic heterocycles. The Morgan fingerprint density at radius 1 is 1.05 bits per heavy atom. The van der Waals surface area contributed by atoms with E-state index in [1.54, 1.807) is 19.2 Å². The number of hydrogen-bond acceptors (Lipinski definition) is 9. The number of rotatable bonds is 8. The number of nitrogens with two attached hydrogens (primary N) is 1. The highest BCUT2D eigenvalue weighted by molar-refractivity contribution is 8.00. The van der Waals surface area contributed by atoms with Crippen molar-refractivity contribution >= 4 is 44.3 Å². The molecule has 7 nitrogen and oxygen atoms in total. The lowest BCUT2D eigenvalue weighted by atomic mass is 9.89. The number of methoxy groups -OCH3 is 1. The molecule has 0 amide bonds. The quantitative estimate of drug-likeness (QED) is 0.173. The van der Waals surface area contributed by atoms with Gasteiger partial charge in [-0.3, -0.25) is 0 Å². The van der Waals surface area contributed by atoms with Crippen LogP contribution in [0, 0.1) is 17.2 Å². The zero-order valence-corrected chi connectivity index (χ0v) is 27.8. The van der Waals surface area contributed by atoms with Gasteiger partial charge in [0.1, 0.15) is 11.8 Å². The highest BCUT2D eigenvalue weighted by Gasteiger charge is 2.14. The lowest BCUT2D eigenvalue weighted by Gasteiger charge is -2.27. The van der Waals surface area contributed by atoms with Crippen LogP contribution in [0.25, 0.3) is 10.2 Å². The Morgan fingerprint density at radius 2 is 1.74 bits per heavy atom. The van der Waals surface area contributed by atoms with Crippen molar-refractivity contribution in [3.63, 3.8) is 0 Å². The van der Waals surface area contributed by atoms with Gasteiger partial charge in [-0.05, 0) is 101 Å². The summed E-state index contributed by atoms with van der Waals surface area (Å²) in [6, 6.07) is 14.7. The molecule has 42 heavy (non-hydrogen) atoms. The highest BCUT2D eigenvalue weighted by Crippen LogP contribution is 2.33. The predicted molar refractivity (Wildman–Crippen MR) is 181 cm³/mol. The van der Waals surface area contributed by atoms with Crippen molar-refractivity contribution in [1.29, 1.82) is 5.26 Å². The van der Waals surface area contributed by atoms with Gasteiger partial charge in [-0.2, -0.15) is 5.26 Å². The van der Waals surface area contributed by atoms with E-state index in [2.05, 4.69) is 53.9 Å². The summed E-state index contributed by atoms with van der Waals surface area (Å²) in [5.74, 6) is 1.78. The molecule has 1 heterocycles. The van der Waals surface area contributed by atoms with E-state index in [-0.39, 0.29) is 0 Å². The SMILES string of the molecule is CC(C)NCC1CCCCC1.CN(C)C1CCCCC1.COc1ccc2nc(NSc3ccc(N)cc3C#N)sc2c1. The number of anilines is 2. The van der Waals surface area contributed by atoms with Crippen LogP contribution in [0.2, 0.25) is 0 Å². The summed E-state index contributed by atoms with van der Waals surface area (Å²) in [5.41, 5.74) is 7.71. The molecule has 3 aromatic rings. The standard InChI is InChI=1S/C15H12N4OS2.C10H21N.C8H17N/c1-20-11-3-4-12-14(7-11)21-15(18-12)19-22-13-5-2-10(17)6-9(13)8-16;1-9(2)11-8-10-6-4-3-5-7-10;1-9(2)8-6-4-3-5-7-8/h2-7H,17H2,1H3,(H,18,19);9-11H,3-8H2,1-2H3;8H,3-7H2,1-2H3. The van der Waals surface area contributed by atoms with Crippen molar-refractivity contribution in [1.82, 2.24) is 15.2 Å². The second kappa shape index (κ2) is 18.2. The first-order valence-electron chi connectivity index (χ1n) is 15.4. The van der Waals surface area contributed by atoms with Gasteiger partial charge in [-0.15, -0.1) is 0 Å². The number of fused-ring (bicyclic) bond motifs is 1. The summed E-state index contributed by atoms with van der Waals surface area (Å²) in [5, 5.41) is 13.4. The van der Waals surface area contributed by atoms with Crippen molar-refractivity contribution in [2.45, 2.75) is 95.0 Å². The molecule has 1 aromatic heterocycles. The minimum absolute atomic E-state index is 0.542.